The Bertz CT molecular complexity index is 931. The van der Waals surface area contributed by atoms with Crippen LogP contribution in [-0.4, -0.2) is 39.4 Å². The molecule has 8 heteroatoms. The van der Waals surface area contributed by atoms with Gasteiger partial charge in [-0.25, -0.2) is 18.1 Å². The fourth-order valence-corrected chi connectivity index (χ4v) is 4.00. The van der Waals surface area contributed by atoms with Crippen molar-refractivity contribution >= 4 is 40.0 Å². The van der Waals surface area contributed by atoms with E-state index in [2.05, 4.69) is 39.2 Å². The molecule has 0 radical (unpaired) electrons. The van der Waals surface area contributed by atoms with Crippen LogP contribution in [0.5, 0.6) is 0 Å². The summed E-state index contributed by atoms with van der Waals surface area (Å²) in [7, 11) is -2.03. The molecule has 1 aliphatic heterocycles. The van der Waals surface area contributed by atoms with E-state index in [9.17, 15) is 8.42 Å². The number of nitrogens with one attached hydrogen (secondary N) is 2. The van der Waals surface area contributed by atoms with Gasteiger partial charge in [-0.05, 0) is 49.2 Å². The first-order valence-electron chi connectivity index (χ1n) is 9.16. The van der Waals surface area contributed by atoms with E-state index >= 15 is 0 Å². The molecule has 28 heavy (non-hydrogen) atoms. The van der Waals surface area contributed by atoms with Gasteiger partial charge in [0.15, 0.2) is 5.96 Å². The molecular weight excluding hydrogens is 487 g/mol. The molecule has 6 nitrogen and oxygen atoms in total. The summed E-state index contributed by atoms with van der Waals surface area (Å²) in [5.74, 6) is 0.855. The molecule has 0 saturated carbocycles. The lowest BCUT2D eigenvalue weighted by molar-refractivity contribution is 0.378. The highest BCUT2D eigenvalue weighted by atomic mass is 127. The van der Waals surface area contributed by atoms with Crippen LogP contribution in [-0.2, 0) is 29.5 Å². The number of aliphatic imine (C=N–C) groups is 1. The molecule has 0 aromatic heterocycles. The molecule has 2 aromatic carbocycles. The van der Waals surface area contributed by atoms with E-state index in [1.807, 2.05) is 13.0 Å². The van der Waals surface area contributed by atoms with Crippen LogP contribution in [0.2, 0.25) is 0 Å². The van der Waals surface area contributed by atoms with Gasteiger partial charge in [0.25, 0.3) is 0 Å². The highest BCUT2D eigenvalue weighted by Gasteiger charge is 2.18. The van der Waals surface area contributed by atoms with Crippen molar-refractivity contribution in [1.82, 2.24) is 14.9 Å². The van der Waals surface area contributed by atoms with E-state index in [-0.39, 0.29) is 28.9 Å². The van der Waals surface area contributed by atoms with Gasteiger partial charge in [0, 0.05) is 19.6 Å². The smallest absolute Gasteiger partial charge is 0.240 e. The number of nitrogens with zero attached hydrogens (tertiary/aromatic N) is 2. The predicted octanol–water partition coefficient (Wildman–Crippen LogP) is 2.74. The quantitative estimate of drug-likeness (QED) is 0.366. The Morgan fingerprint density at radius 1 is 1.14 bits per heavy atom. The third-order valence-corrected chi connectivity index (χ3v) is 6.07. The van der Waals surface area contributed by atoms with Crippen molar-refractivity contribution in [2.45, 2.75) is 31.3 Å². The van der Waals surface area contributed by atoms with Crippen molar-refractivity contribution in [2.24, 2.45) is 4.99 Å². The molecular formula is C20H27IN4O2S. The van der Waals surface area contributed by atoms with Crippen LogP contribution in [0.1, 0.15) is 23.6 Å². The summed E-state index contributed by atoms with van der Waals surface area (Å²) in [5, 5.41) is 3.35. The standard InChI is InChI=1S/C20H26N4O2S.HI/c1-3-22-20(24-12-11-17-8-4-5-9-18(17)15-24)23-14-16-7-6-10-19(13-16)27(25,26)21-2;/h4-10,13,21H,3,11-12,14-15H2,1-2H3,(H,22,23);1H. The molecule has 0 saturated heterocycles. The van der Waals surface area contributed by atoms with Gasteiger partial charge in [-0.3, -0.25) is 0 Å². The first kappa shape index (κ1) is 22.6. The van der Waals surface area contributed by atoms with Crippen LogP contribution >= 0.6 is 24.0 Å². The maximum Gasteiger partial charge on any atom is 0.240 e. The Kier molecular flexibility index (Phi) is 8.26. The fraction of sp³-hybridized carbons (Fsp3) is 0.350. The molecule has 0 bridgehead atoms. The number of halogens is 1. The summed E-state index contributed by atoms with van der Waals surface area (Å²) in [6, 6.07) is 15.4. The van der Waals surface area contributed by atoms with E-state index in [1.165, 1.54) is 18.2 Å². The average molecular weight is 514 g/mol. The van der Waals surface area contributed by atoms with E-state index < -0.39 is 10.0 Å². The molecule has 1 aliphatic rings. The van der Waals surface area contributed by atoms with Crippen LogP contribution in [0, 0.1) is 0 Å². The maximum absolute atomic E-state index is 12.0. The molecule has 0 unspecified atom stereocenters. The summed E-state index contributed by atoms with van der Waals surface area (Å²) < 4.78 is 26.3. The lowest BCUT2D eigenvalue weighted by Crippen LogP contribution is -2.44. The summed E-state index contributed by atoms with van der Waals surface area (Å²) in [6.45, 7) is 5.00. The highest BCUT2D eigenvalue weighted by Crippen LogP contribution is 2.19. The summed E-state index contributed by atoms with van der Waals surface area (Å²) in [4.78, 5) is 7.25. The van der Waals surface area contributed by atoms with Crippen LogP contribution in [0.25, 0.3) is 0 Å². The van der Waals surface area contributed by atoms with E-state index in [0.717, 1.165) is 37.6 Å². The SMILES string of the molecule is CCNC(=NCc1cccc(S(=O)(=O)NC)c1)N1CCc2ccccc2C1.I. The number of hydrogen-bond acceptors (Lipinski definition) is 3. The number of rotatable bonds is 5. The first-order valence-corrected chi connectivity index (χ1v) is 10.6. The second kappa shape index (κ2) is 10.2. The Morgan fingerprint density at radius 3 is 2.61 bits per heavy atom. The van der Waals surface area contributed by atoms with Gasteiger partial charge in [0.1, 0.15) is 0 Å². The Balaban J connectivity index is 0.00000280. The lowest BCUT2D eigenvalue weighted by Gasteiger charge is -2.31. The fourth-order valence-electron chi connectivity index (χ4n) is 3.20. The lowest BCUT2D eigenvalue weighted by atomic mass is 10.0. The minimum atomic E-state index is -3.45. The van der Waals surface area contributed by atoms with Crippen LogP contribution in [0.4, 0.5) is 0 Å². The van der Waals surface area contributed by atoms with Crippen molar-refractivity contribution in [3.05, 3.63) is 65.2 Å². The Morgan fingerprint density at radius 2 is 1.89 bits per heavy atom. The Hall–Kier alpha value is -1.65. The minimum Gasteiger partial charge on any atom is -0.356 e. The van der Waals surface area contributed by atoms with Crippen molar-refractivity contribution < 1.29 is 8.42 Å². The third kappa shape index (κ3) is 5.45. The van der Waals surface area contributed by atoms with Crippen molar-refractivity contribution in [2.75, 3.05) is 20.1 Å². The minimum absolute atomic E-state index is 0. The molecule has 0 spiro atoms. The van der Waals surface area contributed by atoms with Gasteiger partial charge in [-0.1, -0.05) is 36.4 Å². The molecule has 2 aromatic rings. The summed E-state index contributed by atoms with van der Waals surface area (Å²) in [6.07, 6.45) is 0.997. The first-order chi connectivity index (χ1) is 13.0. The van der Waals surface area contributed by atoms with Gasteiger partial charge >= 0.3 is 0 Å². The van der Waals surface area contributed by atoms with Crippen molar-refractivity contribution in [3.8, 4) is 0 Å². The van der Waals surface area contributed by atoms with Gasteiger partial charge in [0.05, 0.1) is 11.4 Å². The zero-order chi connectivity index (χ0) is 19.3. The highest BCUT2D eigenvalue weighted by molar-refractivity contribution is 14.0. The molecule has 1 heterocycles. The van der Waals surface area contributed by atoms with Gasteiger partial charge in [-0.2, -0.15) is 0 Å². The van der Waals surface area contributed by atoms with Crippen LogP contribution in [0.15, 0.2) is 58.4 Å². The van der Waals surface area contributed by atoms with E-state index in [1.54, 1.807) is 18.2 Å². The van der Waals surface area contributed by atoms with Crippen LogP contribution in [0.3, 0.4) is 0 Å². The molecule has 0 amide bonds. The Labute approximate surface area is 184 Å². The van der Waals surface area contributed by atoms with Crippen LogP contribution < -0.4 is 10.0 Å². The van der Waals surface area contributed by atoms with Crippen molar-refractivity contribution in [1.29, 1.82) is 0 Å². The maximum atomic E-state index is 12.0. The van der Waals surface area contributed by atoms with Gasteiger partial charge in [-0.15, -0.1) is 24.0 Å². The van der Waals surface area contributed by atoms with E-state index in [4.69, 9.17) is 4.99 Å². The average Bonchev–Trinajstić information content (AvgIpc) is 2.71. The second-order valence-electron chi connectivity index (χ2n) is 6.47. The third-order valence-electron chi connectivity index (χ3n) is 4.65. The van der Waals surface area contributed by atoms with Gasteiger partial charge < -0.3 is 10.2 Å². The predicted molar refractivity (Wildman–Crippen MR) is 123 cm³/mol. The number of sulfonamides is 1. The van der Waals surface area contributed by atoms with E-state index in [0.29, 0.717) is 6.54 Å². The zero-order valence-corrected chi connectivity index (χ0v) is 19.3. The normalized spacial score (nSPS) is 14.2. The molecule has 3 rings (SSSR count). The topological polar surface area (TPSA) is 73.8 Å². The number of guanidine groups is 1. The number of hydrogen-bond donors (Lipinski definition) is 2. The van der Waals surface area contributed by atoms with Crippen molar-refractivity contribution in [3.63, 3.8) is 0 Å². The summed E-state index contributed by atoms with van der Waals surface area (Å²) in [5.41, 5.74) is 3.59. The molecule has 0 atom stereocenters. The molecule has 0 fully saturated rings. The second-order valence-corrected chi connectivity index (χ2v) is 8.35. The molecule has 0 aliphatic carbocycles. The largest absolute Gasteiger partial charge is 0.356 e. The molecule has 2 N–H and O–H groups in total. The summed E-state index contributed by atoms with van der Waals surface area (Å²) >= 11 is 0. The van der Waals surface area contributed by atoms with Gasteiger partial charge in [0.2, 0.25) is 10.0 Å². The number of benzene rings is 2. The monoisotopic (exact) mass is 514 g/mol. The number of fused-ring (bicyclic) bond motifs is 1. The zero-order valence-electron chi connectivity index (χ0n) is 16.2. The molecule has 152 valence electrons.